The van der Waals surface area contributed by atoms with Crippen LogP contribution in [0.5, 0.6) is 0 Å². The average molecular weight is 242 g/mol. The summed E-state index contributed by atoms with van der Waals surface area (Å²) in [6, 6.07) is 0.139. The molecule has 2 rings (SSSR count). The van der Waals surface area contributed by atoms with Crippen molar-refractivity contribution >= 4 is 21.5 Å². The molecule has 1 saturated heterocycles. The predicted octanol–water partition coefficient (Wildman–Crippen LogP) is 0.0479. The number of nitrogen functional groups attached to an aromatic ring is 1. The minimum atomic E-state index is -2.82. The van der Waals surface area contributed by atoms with E-state index in [1.54, 1.807) is 6.20 Å². The van der Waals surface area contributed by atoms with Crippen molar-refractivity contribution < 1.29 is 8.42 Å². The van der Waals surface area contributed by atoms with Crippen molar-refractivity contribution in [2.24, 2.45) is 0 Å². The molecule has 0 aliphatic carbocycles. The highest BCUT2D eigenvalue weighted by molar-refractivity contribution is 7.91. The van der Waals surface area contributed by atoms with E-state index in [4.69, 9.17) is 5.73 Å². The minimum absolute atomic E-state index is 0.139. The second-order valence-corrected chi connectivity index (χ2v) is 6.20. The summed E-state index contributed by atoms with van der Waals surface area (Å²) in [6.07, 6.45) is 4.27. The van der Waals surface area contributed by atoms with Crippen molar-refractivity contribution in [3.8, 4) is 0 Å². The number of nitrogens with zero attached hydrogens (tertiary/aromatic N) is 2. The fraction of sp³-hybridized carbons (Fsp3) is 0.556. The molecule has 6 nitrogen and oxygen atoms in total. The summed E-state index contributed by atoms with van der Waals surface area (Å²) < 4.78 is 22.5. The lowest BCUT2D eigenvalue weighted by Gasteiger charge is -2.23. The predicted molar refractivity (Wildman–Crippen MR) is 61.7 cm³/mol. The third-order valence-electron chi connectivity index (χ3n) is 2.56. The molecule has 0 bridgehead atoms. The van der Waals surface area contributed by atoms with Gasteiger partial charge in [-0.2, -0.15) is 0 Å². The molecule has 3 N–H and O–H groups in total. The summed E-state index contributed by atoms with van der Waals surface area (Å²) >= 11 is 0. The van der Waals surface area contributed by atoms with Crippen molar-refractivity contribution in [3.05, 3.63) is 12.4 Å². The highest BCUT2D eigenvalue weighted by Gasteiger charge is 2.23. The van der Waals surface area contributed by atoms with Gasteiger partial charge in [-0.05, 0) is 12.8 Å². The molecule has 1 aliphatic rings. The Morgan fingerprint density at radius 2 is 2.00 bits per heavy atom. The minimum Gasteiger partial charge on any atom is -0.382 e. The van der Waals surface area contributed by atoms with Crippen molar-refractivity contribution in [1.29, 1.82) is 0 Å². The molecular weight excluding hydrogens is 228 g/mol. The van der Waals surface area contributed by atoms with E-state index >= 15 is 0 Å². The molecule has 0 amide bonds. The highest BCUT2D eigenvalue weighted by Crippen LogP contribution is 2.16. The molecule has 1 aromatic rings. The zero-order valence-corrected chi connectivity index (χ0v) is 9.57. The fourth-order valence-electron chi connectivity index (χ4n) is 1.69. The topological polar surface area (TPSA) is 98.0 Å². The molecular formula is C9H14N4O2S. The van der Waals surface area contributed by atoms with E-state index in [2.05, 4.69) is 15.3 Å². The van der Waals surface area contributed by atoms with Gasteiger partial charge < -0.3 is 11.1 Å². The van der Waals surface area contributed by atoms with Crippen LogP contribution in [0.2, 0.25) is 0 Å². The van der Waals surface area contributed by atoms with Crippen LogP contribution < -0.4 is 11.1 Å². The fourth-order valence-corrected chi connectivity index (χ4v) is 3.19. The zero-order valence-electron chi connectivity index (χ0n) is 8.76. The Labute approximate surface area is 94.2 Å². The van der Waals surface area contributed by atoms with Gasteiger partial charge >= 0.3 is 0 Å². The van der Waals surface area contributed by atoms with Crippen LogP contribution >= 0.6 is 0 Å². The van der Waals surface area contributed by atoms with Gasteiger partial charge in [0.05, 0.1) is 23.9 Å². The first-order valence-corrected chi connectivity index (χ1v) is 6.92. The number of nitrogens with two attached hydrogens (primary N) is 1. The number of aromatic nitrogens is 2. The third kappa shape index (κ3) is 2.82. The smallest absolute Gasteiger partial charge is 0.150 e. The maximum absolute atomic E-state index is 11.2. The molecule has 0 unspecified atom stereocenters. The van der Waals surface area contributed by atoms with Crippen LogP contribution in [0, 0.1) is 0 Å². The molecule has 0 radical (unpaired) electrons. The maximum atomic E-state index is 11.2. The number of rotatable bonds is 2. The summed E-state index contributed by atoms with van der Waals surface area (Å²) in [4.78, 5) is 7.97. The van der Waals surface area contributed by atoms with Gasteiger partial charge in [0, 0.05) is 6.04 Å². The van der Waals surface area contributed by atoms with E-state index in [0.717, 1.165) is 0 Å². The standard InChI is InChI=1S/C9H14N4O2S/c10-8-5-11-6-9(13-8)12-7-1-3-16(14,15)4-2-7/h5-7H,1-4H2,(H3,10,12,13). The molecule has 0 saturated carbocycles. The number of sulfone groups is 1. The van der Waals surface area contributed by atoms with Gasteiger partial charge in [-0.1, -0.05) is 0 Å². The number of nitrogens with one attached hydrogen (secondary N) is 1. The van der Waals surface area contributed by atoms with E-state index in [1.165, 1.54) is 6.20 Å². The Kier molecular flexibility index (Phi) is 2.95. The van der Waals surface area contributed by atoms with Gasteiger partial charge in [0.15, 0.2) is 0 Å². The van der Waals surface area contributed by atoms with E-state index in [1.807, 2.05) is 0 Å². The summed E-state index contributed by atoms with van der Waals surface area (Å²) in [6.45, 7) is 0. The van der Waals surface area contributed by atoms with E-state index < -0.39 is 9.84 Å². The van der Waals surface area contributed by atoms with E-state index in [0.29, 0.717) is 24.5 Å². The summed E-state index contributed by atoms with van der Waals surface area (Å²) in [5.41, 5.74) is 5.50. The van der Waals surface area contributed by atoms with Crippen LogP contribution in [0.4, 0.5) is 11.6 Å². The van der Waals surface area contributed by atoms with Crippen molar-refractivity contribution in [1.82, 2.24) is 9.97 Å². The number of hydrogen-bond donors (Lipinski definition) is 2. The number of anilines is 2. The van der Waals surface area contributed by atoms with Gasteiger partial charge in [0.1, 0.15) is 21.5 Å². The van der Waals surface area contributed by atoms with Crippen LogP contribution in [-0.4, -0.2) is 35.9 Å². The largest absolute Gasteiger partial charge is 0.382 e. The van der Waals surface area contributed by atoms with Crippen LogP contribution in [0.3, 0.4) is 0 Å². The van der Waals surface area contributed by atoms with Crippen LogP contribution in [-0.2, 0) is 9.84 Å². The molecule has 1 fully saturated rings. The maximum Gasteiger partial charge on any atom is 0.150 e. The summed E-state index contributed by atoms with van der Waals surface area (Å²) in [5.74, 6) is 1.43. The molecule has 88 valence electrons. The lowest BCUT2D eigenvalue weighted by atomic mass is 10.1. The molecule has 0 spiro atoms. The van der Waals surface area contributed by atoms with Gasteiger partial charge in [-0.3, -0.25) is 4.98 Å². The third-order valence-corrected chi connectivity index (χ3v) is 4.28. The van der Waals surface area contributed by atoms with E-state index in [-0.39, 0.29) is 17.5 Å². The molecule has 7 heteroatoms. The zero-order chi connectivity index (χ0) is 11.6. The SMILES string of the molecule is Nc1cncc(NC2CCS(=O)(=O)CC2)n1. The molecule has 1 aromatic heterocycles. The second kappa shape index (κ2) is 4.25. The Hall–Kier alpha value is -1.37. The van der Waals surface area contributed by atoms with Crippen molar-refractivity contribution in [2.75, 3.05) is 22.6 Å². The van der Waals surface area contributed by atoms with Crippen LogP contribution in [0.25, 0.3) is 0 Å². The molecule has 0 aromatic carbocycles. The van der Waals surface area contributed by atoms with Gasteiger partial charge in [-0.25, -0.2) is 13.4 Å². The van der Waals surface area contributed by atoms with Crippen molar-refractivity contribution in [3.63, 3.8) is 0 Å². The van der Waals surface area contributed by atoms with Gasteiger partial charge in [0.25, 0.3) is 0 Å². The Morgan fingerprint density at radius 3 is 2.62 bits per heavy atom. The lowest BCUT2D eigenvalue weighted by Crippen LogP contribution is -2.32. The average Bonchev–Trinajstić information content (AvgIpc) is 2.21. The normalized spacial score (nSPS) is 20.5. The number of hydrogen-bond acceptors (Lipinski definition) is 6. The van der Waals surface area contributed by atoms with E-state index in [9.17, 15) is 8.42 Å². The molecule has 16 heavy (non-hydrogen) atoms. The molecule has 1 aliphatic heterocycles. The molecule has 2 heterocycles. The quantitative estimate of drug-likeness (QED) is 0.760. The van der Waals surface area contributed by atoms with Gasteiger partial charge in [0.2, 0.25) is 0 Å². The highest BCUT2D eigenvalue weighted by atomic mass is 32.2. The first kappa shape index (κ1) is 11.1. The Balaban J connectivity index is 1.97. The monoisotopic (exact) mass is 242 g/mol. The molecule has 0 atom stereocenters. The Bertz CT molecular complexity index is 460. The van der Waals surface area contributed by atoms with Gasteiger partial charge in [-0.15, -0.1) is 0 Å². The second-order valence-electron chi connectivity index (χ2n) is 3.90. The lowest BCUT2D eigenvalue weighted by molar-refractivity contribution is 0.559. The van der Waals surface area contributed by atoms with Crippen LogP contribution in [0.1, 0.15) is 12.8 Å². The first-order chi connectivity index (χ1) is 7.55. The summed E-state index contributed by atoms with van der Waals surface area (Å²) in [7, 11) is -2.82. The first-order valence-electron chi connectivity index (χ1n) is 5.10. The summed E-state index contributed by atoms with van der Waals surface area (Å²) in [5, 5.41) is 3.14. The Morgan fingerprint density at radius 1 is 1.31 bits per heavy atom. The van der Waals surface area contributed by atoms with Crippen molar-refractivity contribution in [2.45, 2.75) is 18.9 Å². The van der Waals surface area contributed by atoms with Crippen LogP contribution in [0.15, 0.2) is 12.4 Å².